The predicted molar refractivity (Wildman–Crippen MR) is 103 cm³/mol. The number of guanidine groups is 1. The zero-order valence-corrected chi connectivity index (χ0v) is 16.9. The van der Waals surface area contributed by atoms with Gasteiger partial charge in [-0.05, 0) is 20.4 Å². The van der Waals surface area contributed by atoms with Crippen molar-refractivity contribution in [1.29, 1.82) is 0 Å². The highest BCUT2D eigenvalue weighted by atomic mass is 127. The standard InChI is InChI=1S/C14H29N7O.HI/c1-5-15-14(17-11-13-19-18-12-21(13)3)16-7-9-20(2)8-6-10-22-4;/h12H,5-11H2,1-4H3,(H2,15,16,17);1H. The summed E-state index contributed by atoms with van der Waals surface area (Å²) in [5, 5.41) is 14.4. The van der Waals surface area contributed by atoms with Gasteiger partial charge in [-0.25, -0.2) is 4.99 Å². The molecule has 0 bridgehead atoms. The predicted octanol–water partition coefficient (Wildman–Crippen LogP) is 0.457. The van der Waals surface area contributed by atoms with Gasteiger partial charge in [0.05, 0.1) is 0 Å². The molecule has 1 aromatic rings. The van der Waals surface area contributed by atoms with Crippen molar-refractivity contribution in [1.82, 2.24) is 30.3 Å². The van der Waals surface area contributed by atoms with E-state index in [1.54, 1.807) is 13.4 Å². The largest absolute Gasteiger partial charge is 0.385 e. The number of methoxy groups -OCH3 is 1. The lowest BCUT2D eigenvalue weighted by atomic mass is 10.4. The number of rotatable bonds is 10. The van der Waals surface area contributed by atoms with Crippen LogP contribution in [0.2, 0.25) is 0 Å². The monoisotopic (exact) mass is 439 g/mol. The molecule has 1 rings (SSSR count). The van der Waals surface area contributed by atoms with Gasteiger partial charge < -0.3 is 24.8 Å². The Morgan fingerprint density at radius 1 is 1.39 bits per heavy atom. The maximum absolute atomic E-state index is 5.06. The van der Waals surface area contributed by atoms with Gasteiger partial charge in [-0.2, -0.15) is 0 Å². The van der Waals surface area contributed by atoms with Crippen LogP contribution in [0.25, 0.3) is 0 Å². The molecule has 2 N–H and O–H groups in total. The molecule has 0 amide bonds. The van der Waals surface area contributed by atoms with Crippen LogP contribution < -0.4 is 10.6 Å². The highest BCUT2D eigenvalue weighted by molar-refractivity contribution is 14.0. The zero-order chi connectivity index (χ0) is 16.2. The number of aliphatic imine (C=N–C) groups is 1. The van der Waals surface area contributed by atoms with Gasteiger partial charge in [0.1, 0.15) is 12.9 Å². The summed E-state index contributed by atoms with van der Waals surface area (Å²) in [7, 11) is 5.76. The molecule has 0 aliphatic rings. The SMILES string of the molecule is CCNC(=NCc1nncn1C)NCCN(C)CCCOC.I. The quantitative estimate of drug-likeness (QED) is 0.239. The smallest absolute Gasteiger partial charge is 0.191 e. The first-order chi connectivity index (χ1) is 10.7. The Morgan fingerprint density at radius 2 is 2.17 bits per heavy atom. The first-order valence-corrected chi connectivity index (χ1v) is 7.70. The van der Waals surface area contributed by atoms with Crippen LogP contribution in [-0.2, 0) is 18.3 Å². The van der Waals surface area contributed by atoms with Gasteiger partial charge in [0.15, 0.2) is 11.8 Å². The number of nitrogens with one attached hydrogen (secondary N) is 2. The first-order valence-electron chi connectivity index (χ1n) is 7.70. The third kappa shape index (κ3) is 9.72. The van der Waals surface area contributed by atoms with Crippen molar-refractivity contribution in [2.24, 2.45) is 12.0 Å². The number of nitrogens with zero attached hydrogens (tertiary/aromatic N) is 5. The van der Waals surface area contributed by atoms with E-state index >= 15 is 0 Å². The molecule has 23 heavy (non-hydrogen) atoms. The molecule has 0 spiro atoms. The van der Waals surface area contributed by atoms with Gasteiger partial charge in [-0.15, -0.1) is 34.2 Å². The molecule has 0 saturated heterocycles. The van der Waals surface area contributed by atoms with Gasteiger partial charge in [0, 0.05) is 46.9 Å². The fourth-order valence-corrected chi connectivity index (χ4v) is 1.90. The molecule has 0 aliphatic heterocycles. The Labute approximate surface area is 156 Å². The average molecular weight is 439 g/mol. The molecule has 0 atom stereocenters. The molecular formula is C14H30IN7O. The lowest BCUT2D eigenvalue weighted by Gasteiger charge is -2.18. The molecule has 134 valence electrons. The molecule has 1 heterocycles. The number of halogens is 1. The van der Waals surface area contributed by atoms with Crippen molar-refractivity contribution in [3.8, 4) is 0 Å². The van der Waals surface area contributed by atoms with Crippen molar-refractivity contribution in [2.45, 2.75) is 19.9 Å². The summed E-state index contributed by atoms with van der Waals surface area (Å²) >= 11 is 0. The Balaban J connectivity index is 0.00000484. The van der Waals surface area contributed by atoms with E-state index in [4.69, 9.17) is 4.74 Å². The number of hydrogen-bond donors (Lipinski definition) is 2. The molecule has 0 radical (unpaired) electrons. The summed E-state index contributed by atoms with van der Waals surface area (Å²) in [4.78, 5) is 6.80. The average Bonchev–Trinajstić information content (AvgIpc) is 2.90. The lowest BCUT2D eigenvalue weighted by Crippen LogP contribution is -2.41. The van der Waals surface area contributed by atoms with Crippen molar-refractivity contribution in [3.05, 3.63) is 12.2 Å². The van der Waals surface area contributed by atoms with E-state index in [1.807, 2.05) is 11.6 Å². The van der Waals surface area contributed by atoms with Crippen molar-refractivity contribution < 1.29 is 4.74 Å². The van der Waals surface area contributed by atoms with E-state index in [9.17, 15) is 0 Å². The third-order valence-corrected chi connectivity index (χ3v) is 3.20. The number of ether oxygens (including phenoxy) is 1. The molecule has 0 saturated carbocycles. The van der Waals surface area contributed by atoms with Crippen molar-refractivity contribution >= 4 is 29.9 Å². The van der Waals surface area contributed by atoms with Crippen LogP contribution in [0.5, 0.6) is 0 Å². The van der Waals surface area contributed by atoms with Gasteiger partial charge in [0.25, 0.3) is 0 Å². The van der Waals surface area contributed by atoms with Crippen LogP contribution in [0, 0.1) is 0 Å². The van der Waals surface area contributed by atoms with E-state index < -0.39 is 0 Å². The molecular weight excluding hydrogens is 409 g/mol. The van der Waals surface area contributed by atoms with E-state index in [2.05, 4.69) is 44.7 Å². The molecule has 0 fully saturated rings. The topological polar surface area (TPSA) is 79.6 Å². The minimum atomic E-state index is 0. The van der Waals surface area contributed by atoms with E-state index in [1.165, 1.54) is 0 Å². The second-order valence-electron chi connectivity index (χ2n) is 5.13. The Kier molecular flexibility index (Phi) is 12.9. The van der Waals surface area contributed by atoms with Crippen LogP contribution in [0.4, 0.5) is 0 Å². The Hall–Kier alpha value is -0.940. The molecule has 8 nitrogen and oxygen atoms in total. The van der Waals surface area contributed by atoms with Crippen LogP contribution in [0.1, 0.15) is 19.2 Å². The molecule has 0 aromatic carbocycles. The number of aromatic nitrogens is 3. The van der Waals surface area contributed by atoms with Crippen LogP contribution in [0.15, 0.2) is 11.3 Å². The molecule has 0 aliphatic carbocycles. The molecule has 0 unspecified atom stereocenters. The van der Waals surface area contributed by atoms with Crippen LogP contribution >= 0.6 is 24.0 Å². The number of hydrogen-bond acceptors (Lipinski definition) is 5. The van der Waals surface area contributed by atoms with E-state index in [0.29, 0.717) is 6.54 Å². The van der Waals surface area contributed by atoms with Crippen molar-refractivity contribution in [2.75, 3.05) is 46.9 Å². The van der Waals surface area contributed by atoms with Gasteiger partial charge in [-0.3, -0.25) is 0 Å². The van der Waals surface area contributed by atoms with Crippen LogP contribution in [-0.4, -0.2) is 72.6 Å². The summed E-state index contributed by atoms with van der Waals surface area (Å²) in [6, 6.07) is 0. The second-order valence-corrected chi connectivity index (χ2v) is 5.13. The highest BCUT2D eigenvalue weighted by Gasteiger charge is 2.02. The zero-order valence-electron chi connectivity index (χ0n) is 14.6. The summed E-state index contributed by atoms with van der Waals surface area (Å²) in [6.45, 7) is 7.02. The molecule has 9 heteroatoms. The number of likely N-dealkylation sites (N-methyl/N-ethyl adjacent to an activating group) is 1. The van der Waals surface area contributed by atoms with Gasteiger partial charge >= 0.3 is 0 Å². The Morgan fingerprint density at radius 3 is 2.78 bits per heavy atom. The normalized spacial score (nSPS) is 11.4. The highest BCUT2D eigenvalue weighted by Crippen LogP contribution is 1.93. The third-order valence-electron chi connectivity index (χ3n) is 3.20. The van der Waals surface area contributed by atoms with Gasteiger partial charge in [0.2, 0.25) is 0 Å². The van der Waals surface area contributed by atoms with Crippen molar-refractivity contribution in [3.63, 3.8) is 0 Å². The van der Waals surface area contributed by atoms with E-state index in [-0.39, 0.29) is 24.0 Å². The Bertz CT molecular complexity index is 439. The van der Waals surface area contributed by atoms with Crippen LogP contribution in [0.3, 0.4) is 0 Å². The fourth-order valence-electron chi connectivity index (χ4n) is 1.90. The maximum Gasteiger partial charge on any atom is 0.191 e. The van der Waals surface area contributed by atoms with E-state index in [0.717, 1.165) is 51.0 Å². The summed E-state index contributed by atoms with van der Waals surface area (Å²) in [6.07, 6.45) is 2.73. The summed E-state index contributed by atoms with van der Waals surface area (Å²) in [5.41, 5.74) is 0. The fraction of sp³-hybridized carbons (Fsp3) is 0.786. The lowest BCUT2D eigenvalue weighted by molar-refractivity contribution is 0.180. The first kappa shape index (κ1) is 22.1. The van der Waals surface area contributed by atoms with Gasteiger partial charge in [-0.1, -0.05) is 0 Å². The maximum atomic E-state index is 5.06. The minimum absolute atomic E-state index is 0. The molecule has 1 aromatic heterocycles. The summed E-state index contributed by atoms with van der Waals surface area (Å²) < 4.78 is 6.93. The number of aryl methyl sites for hydroxylation is 1. The second kappa shape index (κ2) is 13.5. The summed E-state index contributed by atoms with van der Waals surface area (Å²) in [5.74, 6) is 1.64. The minimum Gasteiger partial charge on any atom is -0.385 e.